The van der Waals surface area contributed by atoms with E-state index in [9.17, 15) is 18.8 Å². The quantitative estimate of drug-likeness (QED) is 0.645. The topological polar surface area (TPSA) is 84.3 Å². The summed E-state index contributed by atoms with van der Waals surface area (Å²) < 4.78 is 16.4. The monoisotopic (exact) mass is 432 g/mol. The summed E-state index contributed by atoms with van der Waals surface area (Å²) in [7, 11) is 1.76. The summed E-state index contributed by atoms with van der Waals surface area (Å²) in [5.41, 5.74) is 4.82. The number of rotatable bonds is 3. The Kier molecular flexibility index (Phi) is 4.65. The second-order valence-electron chi connectivity index (χ2n) is 8.29. The first kappa shape index (κ1) is 20.1. The Morgan fingerprint density at radius 2 is 1.84 bits per heavy atom. The Morgan fingerprint density at radius 3 is 2.59 bits per heavy atom. The van der Waals surface area contributed by atoms with E-state index in [1.165, 1.54) is 11.0 Å². The van der Waals surface area contributed by atoms with Crippen LogP contribution in [0.3, 0.4) is 0 Å². The predicted octanol–water partition coefficient (Wildman–Crippen LogP) is 2.96. The normalized spacial score (nSPS) is 18.2. The van der Waals surface area contributed by atoms with Gasteiger partial charge < -0.3 is 4.90 Å². The number of nitrogens with one attached hydrogen (secondary N) is 1. The second-order valence-corrected chi connectivity index (χ2v) is 8.29. The number of nitrogens with zero attached hydrogens (tertiary/aromatic N) is 3. The van der Waals surface area contributed by atoms with Gasteiger partial charge in [0, 0.05) is 36.7 Å². The van der Waals surface area contributed by atoms with Crippen LogP contribution in [0.5, 0.6) is 0 Å². The number of halogens is 1. The molecule has 3 aromatic rings. The van der Waals surface area contributed by atoms with Crippen molar-refractivity contribution < 1.29 is 18.8 Å². The van der Waals surface area contributed by atoms with Crippen LogP contribution >= 0.6 is 0 Å². The molecule has 0 spiro atoms. The maximum absolute atomic E-state index is 14.7. The van der Waals surface area contributed by atoms with Gasteiger partial charge in [-0.1, -0.05) is 12.1 Å². The van der Waals surface area contributed by atoms with Gasteiger partial charge in [-0.05, 0) is 54.3 Å². The minimum Gasteiger partial charge on any atom is -0.322 e. The van der Waals surface area contributed by atoms with E-state index < -0.39 is 11.9 Å². The highest BCUT2D eigenvalue weighted by Crippen LogP contribution is 2.36. The van der Waals surface area contributed by atoms with E-state index in [2.05, 4.69) is 10.4 Å². The first-order valence-electron chi connectivity index (χ1n) is 10.4. The van der Waals surface area contributed by atoms with E-state index in [1.54, 1.807) is 30.1 Å². The van der Waals surface area contributed by atoms with Gasteiger partial charge in [0.2, 0.25) is 11.8 Å². The smallest absolute Gasteiger partial charge is 0.255 e. The molecule has 2 aliphatic rings. The lowest BCUT2D eigenvalue weighted by atomic mass is 9.97. The van der Waals surface area contributed by atoms with Crippen LogP contribution in [0, 0.1) is 12.7 Å². The summed E-state index contributed by atoms with van der Waals surface area (Å²) in [5.74, 6) is -1.30. The van der Waals surface area contributed by atoms with Gasteiger partial charge in [0.1, 0.15) is 11.9 Å². The molecule has 162 valence electrons. The standard InChI is InChI=1S/C24H21FN4O3/c1-13-3-5-17(19(25)9-13)22-18(11-26-28(22)2)14-4-6-16-15(10-14)12-29(24(16)32)20-7-8-21(30)27-23(20)31/h3-6,9-11,20H,7-8,12H2,1-2H3,(H,27,30,31). The van der Waals surface area contributed by atoms with Crippen LogP contribution in [0.15, 0.2) is 42.6 Å². The van der Waals surface area contributed by atoms with Crippen molar-refractivity contribution in [2.24, 2.45) is 7.05 Å². The summed E-state index contributed by atoms with van der Waals surface area (Å²) in [6, 6.07) is 9.88. The molecule has 0 saturated carbocycles. The van der Waals surface area contributed by atoms with Gasteiger partial charge in [-0.2, -0.15) is 5.10 Å². The molecule has 1 saturated heterocycles. The molecule has 1 fully saturated rings. The summed E-state index contributed by atoms with van der Waals surface area (Å²) in [6.45, 7) is 2.12. The van der Waals surface area contributed by atoms with E-state index in [0.29, 0.717) is 23.2 Å². The number of benzene rings is 2. The summed E-state index contributed by atoms with van der Waals surface area (Å²) >= 11 is 0. The van der Waals surface area contributed by atoms with Crippen molar-refractivity contribution >= 4 is 17.7 Å². The van der Waals surface area contributed by atoms with Crippen molar-refractivity contribution in [2.75, 3.05) is 0 Å². The molecule has 32 heavy (non-hydrogen) atoms. The Balaban J connectivity index is 1.51. The Labute approximate surface area is 183 Å². The Hall–Kier alpha value is -3.81. The van der Waals surface area contributed by atoms with Crippen molar-refractivity contribution in [2.45, 2.75) is 32.4 Å². The number of fused-ring (bicyclic) bond motifs is 1. The summed E-state index contributed by atoms with van der Waals surface area (Å²) in [4.78, 5) is 38.2. The molecular weight excluding hydrogens is 411 g/mol. The molecule has 1 atom stereocenters. The largest absolute Gasteiger partial charge is 0.322 e. The molecule has 3 heterocycles. The van der Waals surface area contributed by atoms with Gasteiger partial charge in [-0.15, -0.1) is 0 Å². The lowest BCUT2D eigenvalue weighted by Crippen LogP contribution is -2.52. The van der Waals surface area contributed by atoms with Gasteiger partial charge in [0.15, 0.2) is 0 Å². The molecule has 1 N–H and O–H groups in total. The van der Waals surface area contributed by atoms with Crippen LogP contribution in [0.1, 0.15) is 34.3 Å². The predicted molar refractivity (Wildman–Crippen MR) is 115 cm³/mol. The zero-order chi connectivity index (χ0) is 22.6. The van der Waals surface area contributed by atoms with Crippen molar-refractivity contribution in [3.8, 4) is 22.4 Å². The molecule has 3 amide bonds. The maximum atomic E-state index is 14.7. The number of amides is 3. The molecule has 1 aromatic heterocycles. The summed E-state index contributed by atoms with van der Waals surface area (Å²) in [6.07, 6.45) is 2.21. The van der Waals surface area contributed by atoms with Crippen molar-refractivity contribution in [3.63, 3.8) is 0 Å². The Bertz CT molecular complexity index is 1300. The number of carbonyl (C=O) groups excluding carboxylic acids is 3. The maximum Gasteiger partial charge on any atom is 0.255 e. The number of carbonyl (C=O) groups is 3. The van der Waals surface area contributed by atoms with E-state index in [4.69, 9.17) is 0 Å². The van der Waals surface area contributed by atoms with Crippen LogP contribution in [0.4, 0.5) is 4.39 Å². The Morgan fingerprint density at radius 1 is 1.06 bits per heavy atom. The highest BCUT2D eigenvalue weighted by atomic mass is 19.1. The third kappa shape index (κ3) is 3.19. The van der Waals surface area contributed by atoms with Crippen molar-refractivity contribution in [1.29, 1.82) is 0 Å². The highest BCUT2D eigenvalue weighted by Gasteiger charge is 2.39. The van der Waals surface area contributed by atoms with E-state index in [1.807, 2.05) is 25.1 Å². The van der Waals surface area contributed by atoms with Gasteiger partial charge >= 0.3 is 0 Å². The van der Waals surface area contributed by atoms with Gasteiger partial charge in [0.25, 0.3) is 5.91 Å². The number of aryl methyl sites for hydroxylation is 2. The van der Waals surface area contributed by atoms with Gasteiger partial charge in [0.05, 0.1) is 11.9 Å². The molecule has 2 aliphatic heterocycles. The average molecular weight is 432 g/mol. The number of hydrogen-bond acceptors (Lipinski definition) is 4. The van der Waals surface area contributed by atoms with E-state index >= 15 is 0 Å². The minimum atomic E-state index is -0.661. The van der Waals surface area contributed by atoms with Crippen LogP contribution in [-0.4, -0.2) is 38.4 Å². The van der Waals surface area contributed by atoms with Crippen LogP contribution in [-0.2, 0) is 23.2 Å². The third-order valence-electron chi connectivity index (χ3n) is 6.15. The molecule has 0 radical (unpaired) electrons. The first-order chi connectivity index (χ1) is 15.3. The molecule has 2 aromatic carbocycles. The van der Waals surface area contributed by atoms with Crippen molar-refractivity contribution in [3.05, 3.63) is 65.1 Å². The molecule has 7 nitrogen and oxygen atoms in total. The zero-order valence-corrected chi connectivity index (χ0v) is 17.7. The lowest BCUT2D eigenvalue weighted by molar-refractivity contribution is -0.136. The zero-order valence-electron chi connectivity index (χ0n) is 17.7. The molecule has 0 bridgehead atoms. The fourth-order valence-electron chi connectivity index (χ4n) is 4.52. The molecular formula is C24H21FN4O3. The molecule has 5 rings (SSSR count). The van der Waals surface area contributed by atoms with Crippen molar-refractivity contribution in [1.82, 2.24) is 20.0 Å². The lowest BCUT2D eigenvalue weighted by Gasteiger charge is -2.29. The fraction of sp³-hybridized carbons (Fsp3) is 0.250. The summed E-state index contributed by atoms with van der Waals surface area (Å²) in [5, 5.41) is 6.64. The number of aromatic nitrogens is 2. The highest BCUT2D eigenvalue weighted by molar-refractivity contribution is 6.05. The fourth-order valence-corrected chi connectivity index (χ4v) is 4.52. The van der Waals surface area contributed by atoms with E-state index in [-0.39, 0.29) is 30.6 Å². The van der Waals surface area contributed by atoms with Crippen LogP contribution in [0.25, 0.3) is 22.4 Å². The second kappa shape index (κ2) is 7.40. The van der Waals surface area contributed by atoms with Gasteiger partial charge in [-0.25, -0.2) is 4.39 Å². The van der Waals surface area contributed by atoms with E-state index in [0.717, 1.165) is 22.3 Å². The third-order valence-corrected chi connectivity index (χ3v) is 6.15. The number of hydrogen-bond donors (Lipinski definition) is 1. The minimum absolute atomic E-state index is 0.211. The average Bonchev–Trinajstić information content (AvgIpc) is 3.28. The molecule has 8 heteroatoms. The van der Waals surface area contributed by atoms with Crippen LogP contribution < -0.4 is 5.32 Å². The van der Waals surface area contributed by atoms with Gasteiger partial charge in [-0.3, -0.25) is 24.4 Å². The van der Waals surface area contributed by atoms with Crippen LogP contribution in [0.2, 0.25) is 0 Å². The molecule has 0 aliphatic carbocycles. The first-order valence-corrected chi connectivity index (χ1v) is 10.4. The number of piperidine rings is 1. The SMILES string of the molecule is Cc1ccc(-c2c(-c3ccc4c(c3)CN(C3CCC(=O)NC3=O)C4=O)cnn2C)c(F)c1. The molecule has 1 unspecified atom stereocenters. The number of imide groups is 1.